The summed E-state index contributed by atoms with van der Waals surface area (Å²) in [6.07, 6.45) is 5.26. The van der Waals surface area contributed by atoms with Crippen molar-refractivity contribution in [2.75, 3.05) is 13.1 Å². The second-order valence-corrected chi connectivity index (χ2v) is 8.51. The highest BCUT2D eigenvalue weighted by atomic mass is 35.5. The quantitative estimate of drug-likeness (QED) is 0.671. The third kappa shape index (κ3) is 2.78. The third-order valence-corrected chi connectivity index (χ3v) is 7.20. The van der Waals surface area contributed by atoms with E-state index in [1.807, 2.05) is 0 Å². The molecule has 1 aliphatic rings. The Labute approximate surface area is 154 Å². The Morgan fingerprint density at radius 3 is 2.65 bits per heavy atom. The number of fused-ring (bicyclic) bond motifs is 1. The lowest BCUT2D eigenvalue weighted by Gasteiger charge is -2.31. The number of hydrogen-bond donors (Lipinski definition) is 0. The predicted octanol–water partition coefficient (Wildman–Crippen LogP) is 1.82. The third-order valence-electron chi connectivity index (χ3n) is 4.74. The summed E-state index contributed by atoms with van der Waals surface area (Å²) in [6.45, 7) is 0.570. The summed E-state index contributed by atoms with van der Waals surface area (Å²) in [5, 5.41) is 8.00. The van der Waals surface area contributed by atoms with Crippen LogP contribution in [-0.4, -0.2) is 50.2 Å². The number of halogens is 2. The topological polar surface area (TPSA) is 85.4 Å². The number of aromatic nitrogens is 5. The molecule has 11 heteroatoms. The molecule has 1 aliphatic heterocycles. The van der Waals surface area contributed by atoms with E-state index in [1.165, 1.54) is 32.1 Å². The van der Waals surface area contributed by atoms with Gasteiger partial charge in [0.15, 0.2) is 5.65 Å². The lowest BCUT2D eigenvalue weighted by molar-refractivity contribution is 0.315. The van der Waals surface area contributed by atoms with Gasteiger partial charge in [-0.25, -0.2) is 22.3 Å². The van der Waals surface area contributed by atoms with Crippen molar-refractivity contribution in [2.45, 2.75) is 23.7 Å². The summed E-state index contributed by atoms with van der Waals surface area (Å²) in [7, 11) is -2.14. The molecule has 0 saturated carbocycles. The molecule has 1 saturated heterocycles. The highest BCUT2D eigenvalue weighted by Gasteiger charge is 2.33. The fourth-order valence-corrected chi connectivity index (χ4v) is 5.15. The first-order valence-electron chi connectivity index (χ1n) is 8.04. The molecule has 0 spiro atoms. The first-order chi connectivity index (χ1) is 12.4. The van der Waals surface area contributed by atoms with E-state index in [0.29, 0.717) is 24.1 Å². The van der Waals surface area contributed by atoms with Crippen molar-refractivity contribution in [1.82, 2.24) is 28.7 Å². The molecule has 3 aromatic heterocycles. The number of pyridine rings is 1. The van der Waals surface area contributed by atoms with Gasteiger partial charge in [0.25, 0.3) is 0 Å². The van der Waals surface area contributed by atoms with Gasteiger partial charge in [-0.05, 0) is 18.8 Å². The minimum absolute atomic E-state index is 0.00432. The summed E-state index contributed by atoms with van der Waals surface area (Å²) in [4.78, 5) is 3.95. The van der Waals surface area contributed by atoms with Gasteiger partial charge in [-0.1, -0.05) is 11.6 Å². The molecule has 0 aromatic carbocycles. The maximum Gasteiger partial charge on any atom is 0.247 e. The largest absolute Gasteiger partial charge is 0.256 e. The van der Waals surface area contributed by atoms with E-state index in [-0.39, 0.29) is 34.9 Å². The summed E-state index contributed by atoms with van der Waals surface area (Å²) in [6, 6.07) is 1.35. The number of hydrogen-bond acceptors (Lipinski definition) is 5. The van der Waals surface area contributed by atoms with Crippen LogP contribution >= 0.6 is 11.6 Å². The molecule has 0 amide bonds. The summed E-state index contributed by atoms with van der Waals surface area (Å²) < 4.78 is 44.1. The van der Waals surface area contributed by atoms with Crippen LogP contribution in [0.15, 0.2) is 29.7 Å². The Bertz CT molecular complexity index is 1070. The van der Waals surface area contributed by atoms with Gasteiger partial charge in [-0.2, -0.15) is 14.5 Å². The fourth-order valence-electron chi connectivity index (χ4n) is 3.27. The number of nitrogens with zero attached hydrogens (tertiary/aromatic N) is 6. The fraction of sp³-hybridized carbons (Fsp3) is 0.400. The second kappa shape index (κ2) is 6.29. The number of piperidine rings is 1. The molecule has 0 N–H and O–H groups in total. The van der Waals surface area contributed by atoms with Gasteiger partial charge in [-0.3, -0.25) is 4.68 Å². The molecule has 0 radical (unpaired) electrons. The molecule has 138 valence electrons. The molecule has 4 rings (SSSR count). The Kier molecular flexibility index (Phi) is 4.20. The van der Waals surface area contributed by atoms with Crippen LogP contribution in [0.2, 0.25) is 5.15 Å². The molecular formula is C15H16ClFN6O2S. The molecule has 0 aliphatic carbocycles. The highest BCUT2D eigenvalue weighted by Crippen LogP contribution is 2.33. The molecule has 8 nitrogen and oxygen atoms in total. The summed E-state index contributed by atoms with van der Waals surface area (Å²) in [5.41, 5.74) is 0.969. The van der Waals surface area contributed by atoms with Crippen LogP contribution in [-0.2, 0) is 17.1 Å². The van der Waals surface area contributed by atoms with E-state index >= 15 is 0 Å². The van der Waals surface area contributed by atoms with Gasteiger partial charge in [0.1, 0.15) is 22.2 Å². The van der Waals surface area contributed by atoms with Crippen LogP contribution in [0, 0.1) is 5.82 Å². The van der Waals surface area contributed by atoms with Gasteiger partial charge in [-0.15, -0.1) is 0 Å². The molecule has 26 heavy (non-hydrogen) atoms. The average Bonchev–Trinajstić information content (AvgIpc) is 3.21. The Hall–Kier alpha value is -2.04. The van der Waals surface area contributed by atoms with E-state index in [0.717, 1.165) is 0 Å². The van der Waals surface area contributed by atoms with Crippen molar-refractivity contribution in [1.29, 1.82) is 0 Å². The monoisotopic (exact) mass is 398 g/mol. The lowest BCUT2D eigenvalue weighted by atomic mass is 9.91. The zero-order valence-electron chi connectivity index (χ0n) is 13.9. The van der Waals surface area contributed by atoms with Crippen molar-refractivity contribution in [3.05, 3.63) is 41.3 Å². The SMILES string of the molecule is Cn1ncc(S(=O)(=O)N2CCC(c3cn4ncnc4cc3F)CC2)c1Cl. The Morgan fingerprint density at radius 2 is 2.00 bits per heavy atom. The van der Waals surface area contributed by atoms with Gasteiger partial charge >= 0.3 is 0 Å². The normalized spacial score (nSPS) is 17.2. The van der Waals surface area contributed by atoms with Crippen LogP contribution < -0.4 is 0 Å². The molecule has 0 unspecified atom stereocenters. The number of aryl methyl sites for hydroxylation is 1. The lowest BCUT2D eigenvalue weighted by Crippen LogP contribution is -2.38. The maximum atomic E-state index is 14.4. The zero-order chi connectivity index (χ0) is 18.5. The summed E-state index contributed by atoms with van der Waals surface area (Å²) >= 11 is 6.03. The van der Waals surface area contributed by atoms with Gasteiger partial charge in [0, 0.05) is 38.0 Å². The molecule has 1 fully saturated rings. The van der Waals surface area contributed by atoms with Gasteiger partial charge in [0.05, 0.1) is 6.20 Å². The molecular weight excluding hydrogens is 383 g/mol. The molecule has 0 atom stereocenters. The van der Waals surface area contributed by atoms with Crippen molar-refractivity contribution < 1.29 is 12.8 Å². The minimum Gasteiger partial charge on any atom is -0.256 e. The first-order valence-corrected chi connectivity index (χ1v) is 9.86. The van der Waals surface area contributed by atoms with Crippen LogP contribution in [0.4, 0.5) is 4.39 Å². The molecule has 4 heterocycles. The average molecular weight is 399 g/mol. The minimum atomic E-state index is -3.72. The van der Waals surface area contributed by atoms with Gasteiger partial charge < -0.3 is 0 Å². The van der Waals surface area contributed by atoms with Crippen molar-refractivity contribution >= 4 is 27.3 Å². The number of rotatable bonds is 3. The van der Waals surface area contributed by atoms with E-state index < -0.39 is 10.0 Å². The highest BCUT2D eigenvalue weighted by molar-refractivity contribution is 7.89. The predicted molar refractivity (Wildman–Crippen MR) is 91.9 cm³/mol. The molecule has 0 bridgehead atoms. The van der Waals surface area contributed by atoms with E-state index in [2.05, 4.69) is 15.2 Å². The van der Waals surface area contributed by atoms with Crippen LogP contribution in [0.1, 0.15) is 24.3 Å². The van der Waals surface area contributed by atoms with Crippen molar-refractivity contribution in [2.24, 2.45) is 7.05 Å². The van der Waals surface area contributed by atoms with Crippen molar-refractivity contribution in [3.63, 3.8) is 0 Å². The van der Waals surface area contributed by atoms with Crippen LogP contribution in [0.5, 0.6) is 0 Å². The Morgan fingerprint density at radius 1 is 1.27 bits per heavy atom. The maximum absolute atomic E-state index is 14.4. The van der Waals surface area contributed by atoms with Gasteiger partial charge in [0.2, 0.25) is 10.0 Å². The zero-order valence-corrected chi connectivity index (χ0v) is 15.5. The van der Waals surface area contributed by atoms with E-state index in [9.17, 15) is 12.8 Å². The van der Waals surface area contributed by atoms with Crippen molar-refractivity contribution in [3.8, 4) is 0 Å². The van der Waals surface area contributed by atoms with Crippen LogP contribution in [0.3, 0.4) is 0 Å². The first kappa shape index (κ1) is 17.4. The second-order valence-electron chi connectivity index (χ2n) is 6.24. The Balaban J connectivity index is 1.55. The smallest absolute Gasteiger partial charge is 0.247 e. The van der Waals surface area contributed by atoms with Crippen LogP contribution in [0.25, 0.3) is 5.65 Å². The van der Waals surface area contributed by atoms with E-state index in [4.69, 9.17) is 11.6 Å². The molecule has 3 aromatic rings. The summed E-state index contributed by atoms with van der Waals surface area (Å²) in [5.74, 6) is -0.429. The standard InChI is InChI=1S/C15H16ClFN6O2S/c1-21-15(16)13(7-19-21)26(24,25)22-4-2-10(3-5-22)11-8-23-14(6-12(11)17)18-9-20-23/h6-10H,2-5H2,1H3. The van der Waals surface area contributed by atoms with E-state index in [1.54, 1.807) is 13.2 Å². The number of sulfonamides is 1.